The van der Waals surface area contributed by atoms with Crippen molar-refractivity contribution >= 4 is 0 Å². The van der Waals surface area contributed by atoms with Gasteiger partial charge in [0, 0.05) is 18.7 Å². The second-order valence-electron chi connectivity index (χ2n) is 5.17. The maximum Gasteiger partial charge on any atom is 0.165 e. The van der Waals surface area contributed by atoms with Gasteiger partial charge in [-0.2, -0.15) is 0 Å². The van der Waals surface area contributed by atoms with Crippen LogP contribution in [0.4, 0.5) is 0 Å². The molecule has 0 unspecified atom stereocenters. The highest BCUT2D eigenvalue weighted by atomic mass is 16.6. The summed E-state index contributed by atoms with van der Waals surface area (Å²) in [5.74, 6) is 1.74. The predicted molar refractivity (Wildman–Crippen MR) is 83.8 cm³/mol. The highest BCUT2D eigenvalue weighted by molar-refractivity contribution is 5.47. The van der Waals surface area contributed by atoms with Gasteiger partial charge in [0.1, 0.15) is 13.2 Å². The minimum Gasteiger partial charge on any atom is -0.486 e. The molecule has 0 aliphatic carbocycles. The van der Waals surface area contributed by atoms with E-state index in [0.717, 1.165) is 36.6 Å². The van der Waals surface area contributed by atoms with Crippen molar-refractivity contribution < 1.29 is 9.47 Å². The van der Waals surface area contributed by atoms with Gasteiger partial charge in [-0.05, 0) is 23.6 Å². The maximum atomic E-state index is 5.74. The summed E-state index contributed by atoms with van der Waals surface area (Å²) in [7, 11) is 0. The molecule has 2 aromatic rings. The molecule has 0 spiro atoms. The standard InChI is InChI=1S/C18H21NO2/c1-2-14-6-3-4-7-15(14)12-19-13-16-8-5-9-17-18(16)21-11-10-20-17/h3-9,19H,2,10-13H2,1H3. The number of aryl methyl sites for hydroxylation is 1. The molecule has 0 amide bonds. The van der Waals surface area contributed by atoms with Crippen LogP contribution >= 0.6 is 0 Å². The molecule has 21 heavy (non-hydrogen) atoms. The molecular formula is C18H21NO2. The van der Waals surface area contributed by atoms with Crippen molar-refractivity contribution in [2.24, 2.45) is 0 Å². The molecule has 1 heterocycles. The molecule has 1 aliphatic rings. The fourth-order valence-electron chi connectivity index (χ4n) is 2.68. The summed E-state index contributed by atoms with van der Waals surface area (Å²) in [6, 6.07) is 14.6. The van der Waals surface area contributed by atoms with Crippen molar-refractivity contribution in [2.45, 2.75) is 26.4 Å². The van der Waals surface area contributed by atoms with E-state index in [1.54, 1.807) is 0 Å². The zero-order chi connectivity index (χ0) is 14.5. The Morgan fingerprint density at radius 3 is 2.43 bits per heavy atom. The topological polar surface area (TPSA) is 30.5 Å². The monoisotopic (exact) mass is 283 g/mol. The number of hydrogen-bond acceptors (Lipinski definition) is 3. The SMILES string of the molecule is CCc1ccccc1CNCc1cccc2c1OCCO2. The first-order valence-corrected chi connectivity index (χ1v) is 7.53. The molecule has 3 nitrogen and oxygen atoms in total. The van der Waals surface area contributed by atoms with Crippen LogP contribution in [-0.2, 0) is 19.5 Å². The van der Waals surface area contributed by atoms with Gasteiger partial charge in [-0.25, -0.2) is 0 Å². The van der Waals surface area contributed by atoms with Gasteiger partial charge in [-0.15, -0.1) is 0 Å². The van der Waals surface area contributed by atoms with Crippen LogP contribution < -0.4 is 14.8 Å². The van der Waals surface area contributed by atoms with Crippen LogP contribution in [0.2, 0.25) is 0 Å². The molecule has 110 valence electrons. The number of fused-ring (bicyclic) bond motifs is 1. The molecule has 0 saturated heterocycles. The van der Waals surface area contributed by atoms with Crippen LogP contribution in [0.15, 0.2) is 42.5 Å². The van der Waals surface area contributed by atoms with Crippen molar-refractivity contribution in [3.05, 3.63) is 59.2 Å². The lowest BCUT2D eigenvalue weighted by Gasteiger charge is -2.21. The summed E-state index contributed by atoms with van der Waals surface area (Å²) < 4.78 is 11.3. The van der Waals surface area contributed by atoms with E-state index in [2.05, 4.69) is 42.6 Å². The van der Waals surface area contributed by atoms with E-state index in [0.29, 0.717) is 13.2 Å². The summed E-state index contributed by atoms with van der Waals surface area (Å²) in [4.78, 5) is 0. The van der Waals surface area contributed by atoms with E-state index in [4.69, 9.17) is 9.47 Å². The Balaban J connectivity index is 1.66. The first-order valence-electron chi connectivity index (χ1n) is 7.53. The van der Waals surface area contributed by atoms with Gasteiger partial charge in [0.2, 0.25) is 0 Å². The second-order valence-corrected chi connectivity index (χ2v) is 5.17. The maximum absolute atomic E-state index is 5.74. The average molecular weight is 283 g/mol. The fraction of sp³-hybridized carbons (Fsp3) is 0.333. The second kappa shape index (κ2) is 6.64. The number of nitrogens with one attached hydrogen (secondary N) is 1. The minimum atomic E-state index is 0.628. The summed E-state index contributed by atoms with van der Waals surface area (Å²) >= 11 is 0. The summed E-state index contributed by atoms with van der Waals surface area (Å²) in [6.45, 7) is 5.10. The van der Waals surface area contributed by atoms with Crippen molar-refractivity contribution in [3.63, 3.8) is 0 Å². The van der Waals surface area contributed by atoms with Crippen LogP contribution in [0.25, 0.3) is 0 Å². The van der Waals surface area contributed by atoms with Crippen molar-refractivity contribution in [2.75, 3.05) is 13.2 Å². The van der Waals surface area contributed by atoms with Crippen LogP contribution in [0.1, 0.15) is 23.6 Å². The molecular weight excluding hydrogens is 262 g/mol. The van der Waals surface area contributed by atoms with Crippen molar-refractivity contribution in [3.8, 4) is 11.5 Å². The van der Waals surface area contributed by atoms with E-state index in [9.17, 15) is 0 Å². The molecule has 0 fully saturated rings. The van der Waals surface area contributed by atoms with Gasteiger partial charge in [0.05, 0.1) is 0 Å². The number of rotatable bonds is 5. The quantitative estimate of drug-likeness (QED) is 0.913. The third kappa shape index (κ3) is 3.19. The van der Waals surface area contributed by atoms with Gasteiger partial charge in [0.15, 0.2) is 11.5 Å². The lowest BCUT2D eigenvalue weighted by Crippen LogP contribution is -2.19. The molecule has 2 aromatic carbocycles. The van der Waals surface area contributed by atoms with Crippen molar-refractivity contribution in [1.82, 2.24) is 5.32 Å². The smallest absolute Gasteiger partial charge is 0.165 e. The Bertz CT molecular complexity index is 610. The zero-order valence-corrected chi connectivity index (χ0v) is 12.4. The Hall–Kier alpha value is -2.00. The molecule has 1 aliphatic heterocycles. The van der Waals surface area contributed by atoms with E-state index >= 15 is 0 Å². The first kappa shape index (κ1) is 14.0. The predicted octanol–water partition coefficient (Wildman–Crippen LogP) is 3.31. The van der Waals surface area contributed by atoms with Gasteiger partial charge in [-0.3, -0.25) is 0 Å². The molecule has 0 atom stereocenters. The zero-order valence-electron chi connectivity index (χ0n) is 12.4. The molecule has 3 rings (SSSR count). The van der Waals surface area contributed by atoms with E-state index in [-0.39, 0.29) is 0 Å². The van der Waals surface area contributed by atoms with Crippen LogP contribution in [-0.4, -0.2) is 13.2 Å². The van der Waals surface area contributed by atoms with Crippen LogP contribution in [0.5, 0.6) is 11.5 Å². The van der Waals surface area contributed by atoms with Crippen molar-refractivity contribution in [1.29, 1.82) is 0 Å². The molecule has 0 aromatic heterocycles. The normalized spacial score (nSPS) is 13.2. The largest absolute Gasteiger partial charge is 0.486 e. The molecule has 0 radical (unpaired) electrons. The highest BCUT2D eigenvalue weighted by Gasteiger charge is 2.15. The summed E-state index contributed by atoms with van der Waals surface area (Å²) in [6.07, 6.45) is 1.07. The molecule has 0 bridgehead atoms. The number of para-hydroxylation sites is 1. The Morgan fingerprint density at radius 2 is 1.57 bits per heavy atom. The summed E-state index contributed by atoms with van der Waals surface area (Å²) in [5.41, 5.74) is 3.92. The Morgan fingerprint density at radius 1 is 0.857 bits per heavy atom. The lowest BCUT2D eigenvalue weighted by molar-refractivity contribution is 0.169. The van der Waals surface area contributed by atoms with Gasteiger partial charge in [0.25, 0.3) is 0 Å². The Labute approximate surface area is 125 Å². The first-order chi connectivity index (χ1) is 10.4. The third-order valence-corrected chi connectivity index (χ3v) is 3.78. The van der Waals surface area contributed by atoms with E-state index in [1.807, 2.05) is 12.1 Å². The molecule has 0 saturated carbocycles. The average Bonchev–Trinajstić information content (AvgIpc) is 2.55. The number of benzene rings is 2. The molecule has 3 heteroatoms. The van der Waals surface area contributed by atoms with E-state index in [1.165, 1.54) is 11.1 Å². The van der Waals surface area contributed by atoms with Crippen LogP contribution in [0, 0.1) is 0 Å². The number of hydrogen-bond donors (Lipinski definition) is 1. The highest BCUT2D eigenvalue weighted by Crippen LogP contribution is 2.33. The summed E-state index contributed by atoms with van der Waals surface area (Å²) in [5, 5.41) is 3.51. The minimum absolute atomic E-state index is 0.628. The van der Waals surface area contributed by atoms with E-state index < -0.39 is 0 Å². The van der Waals surface area contributed by atoms with Gasteiger partial charge >= 0.3 is 0 Å². The van der Waals surface area contributed by atoms with Crippen LogP contribution in [0.3, 0.4) is 0 Å². The fourth-order valence-corrected chi connectivity index (χ4v) is 2.68. The van der Waals surface area contributed by atoms with Gasteiger partial charge in [-0.1, -0.05) is 43.3 Å². The van der Waals surface area contributed by atoms with Gasteiger partial charge < -0.3 is 14.8 Å². The molecule has 1 N–H and O–H groups in total. The lowest BCUT2D eigenvalue weighted by atomic mass is 10.1. The third-order valence-electron chi connectivity index (χ3n) is 3.78. The Kier molecular flexibility index (Phi) is 4.41. The number of ether oxygens (including phenoxy) is 2.